The van der Waals surface area contributed by atoms with Gasteiger partial charge in [0.05, 0.1) is 16.8 Å². The summed E-state index contributed by atoms with van der Waals surface area (Å²) in [6.45, 7) is 3.45. The van der Waals surface area contributed by atoms with E-state index >= 15 is 0 Å². The second-order valence-corrected chi connectivity index (χ2v) is 8.17. The number of benzene rings is 1. The van der Waals surface area contributed by atoms with Gasteiger partial charge in [0.25, 0.3) is 0 Å². The third kappa shape index (κ3) is 3.39. The Morgan fingerprint density at radius 1 is 1.26 bits per heavy atom. The van der Waals surface area contributed by atoms with E-state index in [-0.39, 0.29) is 16.9 Å². The molecule has 8 heteroatoms. The molecule has 1 unspecified atom stereocenters. The number of anilines is 1. The van der Waals surface area contributed by atoms with E-state index in [1.165, 1.54) is 6.07 Å². The number of nitrogens with one attached hydrogen (secondary N) is 1. The topological polar surface area (TPSA) is 108 Å². The van der Waals surface area contributed by atoms with Crippen LogP contribution in [0.3, 0.4) is 0 Å². The maximum Gasteiger partial charge on any atom is 0.151 e. The molecule has 1 fully saturated rings. The van der Waals surface area contributed by atoms with Crippen molar-refractivity contribution in [3.63, 3.8) is 0 Å². The van der Waals surface area contributed by atoms with E-state index in [0.717, 1.165) is 35.3 Å². The molecule has 0 aliphatic carbocycles. The van der Waals surface area contributed by atoms with Crippen LogP contribution in [0.4, 0.5) is 10.1 Å². The minimum absolute atomic E-state index is 0.287. The van der Waals surface area contributed by atoms with Gasteiger partial charge in [-0.1, -0.05) is 6.07 Å². The molecule has 5 rings (SSSR count). The third-order valence-corrected chi connectivity index (χ3v) is 5.64. The number of hydrogen-bond acceptors (Lipinski definition) is 6. The predicted octanol–water partition coefficient (Wildman–Crippen LogP) is 3.63. The van der Waals surface area contributed by atoms with E-state index in [1.807, 2.05) is 13.0 Å². The summed E-state index contributed by atoms with van der Waals surface area (Å²) in [5.41, 5.74) is 10.6. The molecule has 0 bridgehead atoms. The largest absolute Gasteiger partial charge is 0.368 e. The molecule has 0 saturated carbocycles. The zero-order chi connectivity index (χ0) is 21.6. The van der Waals surface area contributed by atoms with Crippen LogP contribution in [0.25, 0.3) is 33.5 Å². The smallest absolute Gasteiger partial charge is 0.151 e. The van der Waals surface area contributed by atoms with Gasteiger partial charge < -0.3 is 15.6 Å². The van der Waals surface area contributed by atoms with Gasteiger partial charge in [-0.15, -0.1) is 0 Å². The summed E-state index contributed by atoms with van der Waals surface area (Å²) in [7, 11) is 0. The minimum atomic E-state index is -0.380. The molecule has 1 saturated heterocycles. The van der Waals surface area contributed by atoms with Gasteiger partial charge in [0, 0.05) is 42.8 Å². The Kier molecular flexibility index (Phi) is 4.41. The zero-order valence-electron chi connectivity index (χ0n) is 16.9. The number of fused-ring (bicyclic) bond motifs is 1. The van der Waals surface area contributed by atoms with Crippen LogP contribution < -0.4 is 10.6 Å². The van der Waals surface area contributed by atoms with Gasteiger partial charge in [0.2, 0.25) is 0 Å². The molecule has 154 valence electrons. The summed E-state index contributed by atoms with van der Waals surface area (Å²) in [5, 5.41) is 9.29. The van der Waals surface area contributed by atoms with E-state index in [1.54, 1.807) is 36.8 Å². The van der Waals surface area contributed by atoms with Crippen molar-refractivity contribution in [2.45, 2.75) is 18.9 Å². The van der Waals surface area contributed by atoms with Crippen molar-refractivity contribution in [2.24, 2.45) is 5.73 Å². The summed E-state index contributed by atoms with van der Waals surface area (Å²) < 4.78 is 14.3. The normalized spacial score (nSPS) is 18.5. The van der Waals surface area contributed by atoms with Gasteiger partial charge in [0.1, 0.15) is 23.1 Å². The molecule has 0 radical (unpaired) electrons. The summed E-state index contributed by atoms with van der Waals surface area (Å²) >= 11 is 0. The third-order valence-electron chi connectivity index (χ3n) is 5.64. The quantitative estimate of drug-likeness (QED) is 0.531. The highest BCUT2D eigenvalue weighted by Crippen LogP contribution is 2.41. The number of aromatic nitrogens is 4. The van der Waals surface area contributed by atoms with Crippen LogP contribution in [0.2, 0.25) is 0 Å². The number of nitriles is 1. The molecule has 0 spiro atoms. The molecular formula is C23H20FN7. The van der Waals surface area contributed by atoms with Crippen LogP contribution in [0, 0.1) is 17.1 Å². The van der Waals surface area contributed by atoms with Crippen molar-refractivity contribution in [1.29, 1.82) is 5.26 Å². The van der Waals surface area contributed by atoms with Gasteiger partial charge in [0.15, 0.2) is 5.82 Å². The molecule has 4 heterocycles. The number of imidazole rings is 1. The van der Waals surface area contributed by atoms with Crippen molar-refractivity contribution in [2.75, 3.05) is 18.0 Å². The molecule has 4 aromatic rings. The SMILES string of the molecule is CC1(N)CCN(c2c(-c3ccnc(C#N)c3)cncc2-c2nc3c(F)cccc3[nH]2)C1. The van der Waals surface area contributed by atoms with Crippen LogP contribution in [0.15, 0.2) is 48.9 Å². The lowest BCUT2D eigenvalue weighted by Crippen LogP contribution is -2.39. The van der Waals surface area contributed by atoms with Gasteiger partial charge >= 0.3 is 0 Å². The van der Waals surface area contributed by atoms with E-state index in [0.29, 0.717) is 23.6 Å². The van der Waals surface area contributed by atoms with Crippen molar-refractivity contribution in [1.82, 2.24) is 19.9 Å². The number of nitrogens with zero attached hydrogens (tertiary/aromatic N) is 5. The van der Waals surface area contributed by atoms with Gasteiger partial charge in [-0.3, -0.25) is 4.98 Å². The van der Waals surface area contributed by atoms with Crippen molar-refractivity contribution < 1.29 is 4.39 Å². The predicted molar refractivity (Wildman–Crippen MR) is 117 cm³/mol. The standard InChI is InChI=1S/C23H20FN7/c1-23(26)6-8-31(13-23)21-16(14-5-7-28-15(9-14)10-25)11-27-12-17(21)22-29-19-4-2-3-18(24)20(19)30-22/h2-5,7,9,11-12H,6,8,13,26H2,1H3,(H,29,30). The summed E-state index contributed by atoms with van der Waals surface area (Å²) in [6, 6.07) is 10.5. The molecule has 3 N–H and O–H groups in total. The maximum atomic E-state index is 14.3. The highest BCUT2D eigenvalue weighted by molar-refractivity contribution is 5.91. The van der Waals surface area contributed by atoms with Crippen LogP contribution >= 0.6 is 0 Å². The van der Waals surface area contributed by atoms with Gasteiger partial charge in [-0.05, 0) is 43.2 Å². The first-order chi connectivity index (χ1) is 14.9. The lowest BCUT2D eigenvalue weighted by molar-refractivity contribution is 0.525. The van der Waals surface area contributed by atoms with E-state index < -0.39 is 0 Å². The Morgan fingerprint density at radius 2 is 2.10 bits per heavy atom. The molecule has 1 aliphatic heterocycles. The molecule has 1 aromatic carbocycles. The number of H-pyrrole nitrogens is 1. The van der Waals surface area contributed by atoms with Gasteiger partial charge in [-0.25, -0.2) is 14.4 Å². The fraction of sp³-hybridized carbons (Fsp3) is 0.217. The molecule has 0 amide bonds. The van der Waals surface area contributed by atoms with Crippen LogP contribution in [0.1, 0.15) is 19.0 Å². The van der Waals surface area contributed by atoms with E-state index in [9.17, 15) is 9.65 Å². The average Bonchev–Trinajstić information content (AvgIpc) is 3.37. The Balaban J connectivity index is 1.74. The number of aromatic amines is 1. The maximum absolute atomic E-state index is 14.3. The fourth-order valence-electron chi connectivity index (χ4n) is 4.14. The molecule has 1 aliphatic rings. The van der Waals surface area contributed by atoms with Crippen LogP contribution in [0.5, 0.6) is 0 Å². The fourth-order valence-corrected chi connectivity index (χ4v) is 4.14. The highest BCUT2D eigenvalue weighted by atomic mass is 19.1. The molecule has 7 nitrogen and oxygen atoms in total. The Morgan fingerprint density at radius 3 is 2.84 bits per heavy atom. The number of halogens is 1. The number of nitrogens with two attached hydrogens (primary N) is 1. The second-order valence-electron chi connectivity index (χ2n) is 8.17. The van der Waals surface area contributed by atoms with Crippen molar-refractivity contribution in [3.05, 3.63) is 60.4 Å². The first kappa shape index (κ1) is 19.2. The summed E-state index contributed by atoms with van der Waals surface area (Å²) in [6.07, 6.45) is 5.94. The van der Waals surface area contributed by atoms with E-state index in [4.69, 9.17) is 5.73 Å². The molecule has 31 heavy (non-hydrogen) atoms. The summed E-state index contributed by atoms with van der Waals surface area (Å²) in [5.74, 6) is 0.152. The molecule has 3 aromatic heterocycles. The van der Waals surface area contributed by atoms with Crippen LogP contribution in [-0.2, 0) is 0 Å². The van der Waals surface area contributed by atoms with Crippen molar-refractivity contribution >= 4 is 16.7 Å². The Bertz CT molecular complexity index is 1340. The first-order valence-corrected chi connectivity index (χ1v) is 9.98. The van der Waals surface area contributed by atoms with Crippen molar-refractivity contribution in [3.8, 4) is 28.6 Å². The number of hydrogen-bond donors (Lipinski definition) is 2. The number of pyridine rings is 2. The average molecular weight is 413 g/mol. The lowest BCUT2D eigenvalue weighted by Gasteiger charge is -2.26. The minimum Gasteiger partial charge on any atom is -0.368 e. The highest BCUT2D eigenvalue weighted by Gasteiger charge is 2.33. The van der Waals surface area contributed by atoms with Crippen LogP contribution in [-0.4, -0.2) is 38.6 Å². The molecular weight excluding hydrogens is 393 g/mol. The van der Waals surface area contributed by atoms with E-state index in [2.05, 4.69) is 30.9 Å². The zero-order valence-corrected chi connectivity index (χ0v) is 16.9. The monoisotopic (exact) mass is 413 g/mol. The Hall–Kier alpha value is -3.83. The molecule has 1 atom stereocenters. The lowest BCUT2D eigenvalue weighted by atomic mass is 10.0. The van der Waals surface area contributed by atoms with Gasteiger partial charge in [-0.2, -0.15) is 5.26 Å². The number of para-hydroxylation sites is 1. The second kappa shape index (κ2) is 7.15. The number of rotatable bonds is 3. The Labute approximate surface area is 178 Å². The summed E-state index contributed by atoms with van der Waals surface area (Å²) in [4.78, 5) is 18.5. The first-order valence-electron chi connectivity index (χ1n) is 9.98.